The van der Waals surface area contributed by atoms with Crippen LogP contribution in [-0.2, 0) is 19.1 Å². The van der Waals surface area contributed by atoms with Gasteiger partial charge in [0.25, 0.3) is 11.8 Å². The third-order valence-corrected chi connectivity index (χ3v) is 5.68. The Morgan fingerprint density at radius 2 is 1.90 bits per heavy atom. The molecule has 1 saturated carbocycles. The van der Waals surface area contributed by atoms with Crippen molar-refractivity contribution >= 4 is 35.6 Å². The number of benzene rings is 1. The number of imide groups is 1. The van der Waals surface area contributed by atoms with Crippen molar-refractivity contribution in [2.75, 3.05) is 6.61 Å². The highest BCUT2D eigenvalue weighted by Gasteiger charge is 2.59. The summed E-state index contributed by atoms with van der Waals surface area (Å²) in [5.74, 6) is -1.06. The van der Waals surface area contributed by atoms with Crippen molar-refractivity contribution in [2.24, 2.45) is 28.8 Å². The van der Waals surface area contributed by atoms with E-state index in [1.165, 1.54) is 6.21 Å². The van der Waals surface area contributed by atoms with E-state index in [0.29, 0.717) is 16.3 Å². The van der Waals surface area contributed by atoms with Crippen LogP contribution < -0.4 is 4.74 Å². The summed E-state index contributed by atoms with van der Waals surface area (Å²) in [6.07, 6.45) is 6.05. The second kappa shape index (κ2) is 7.63. The second-order valence-corrected chi connectivity index (χ2v) is 8.18. The maximum Gasteiger partial charge on any atom is 0.344 e. The average molecular weight is 417 g/mol. The van der Waals surface area contributed by atoms with E-state index in [9.17, 15) is 14.4 Å². The van der Waals surface area contributed by atoms with E-state index >= 15 is 0 Å². The number of hydrazone groups is 1. The Kier molecular flexibility index (Phi) is 5.17. The first-order valence-electron chi connectivity index (χ1n) is 9.57. The lowest BCUT2D eigenvalue weighted by Gasteiger charge is -2.13. The van der Waals surface area contributed by atoms with Crippen LogP contribution in [0.3, 0.4) is 0 Å². The lowest BCUT2D eigenvalue weighted by atomic mass is 9.85. The maximum atomic E-state index is 12.7. The van der Waals surface area contributed by atoms with Gasteiger partial charge >= 0.3 is 5.97 Å². The number of esters is 1. The van der Waals surface area contributed by atoms with E-state index in [1.807, 2.05) is 12.2 Å². The fraction of sp³-hybridized carbons (Fsp3) is 0.429. The first-order chi connectivity index (χ1) is 13.8. The van der Waals surface area contributed by atoms with Crippen molar-refractivity contribution in [1.29, 1.82) is 0 Å². The van der Waals surface area contributed by atoms with Crippen LogP contribution in [0.15, 0.2) is 35.5 Å². The van der Waals surface area contributed by atoms with Gasteiger partial charge in [-0.3, -0.25) is 9.59 Å². The van der Waals surface area contributed by atoms with Crippen LogP contribution in [0.5, 0.6) is 5.75 Å². The fourth-order valence-corrected chi connectivity index (χ4v) is 4.49. The van der Waals surface area contributed by atoms with Gasteiger partial charge in [0.05, 0.1) is 24.2 Å². The molecule has 3 aliphatic rings. The van der Waals surface area contributed by atoms with Gasteiger partial charge in [-0.15, -0.1) is 0 Å². The minimum absolute atomic E-state index is 0.124. The molecule has 0 unspecified atom stereocenters. The molecule has 1 saturated heterocycles. The Labute approximate surface area is 173 Å². The number of hydrogen-bond donors (Lipinski definition) is 0. The molecule has 0 aromatic heterocycles. The number of hydrogen-bond acceptors (Lipinski definition) is 6. The predicted octanol–water partition coefficient (Wildman–Crippen LogP) is 2.81. The fourth-order valence-electron chi connectivity index (χ4n) is 4.31. The zero-order chi connectivity index (χ0) is 20.7. The largest absolute Gasteiger partial charge is 0.481 e. The number of amides is 2. The van der Waals surface area contributed by atoms with Gasteiger partial charge in [-0.05, 0) is 50.3 Å². The molecular weight excluding hydrogens is 396 g/mol. The van der Waals surface area contributed by atoms with Crippen LogP contribution in [-0.4, -0.2) is 41.7 Å². The normalized spacial score (nSPS) is 27.4. The van der Waals surface area contributed by atoms with Gasteiger partial charge in [0.15, 0.2) is 6.61 Å². The standard InChI is InChI=1S/C21H21ClN2O5/c1-11(2)29-17(25)10-28-16-6-5-15(22)8-14(16)9-23-24-20(26)18-12-3-4-13(7-12)19(18)21(24)27/h3-6,8-9,11-13,18-19H,7,10H2,1-2H3/t12-,13-,18-,19+/m0/s1. The van der Waals surface area contributed by atoms with Crippen LogP contribution in [0.2, 0.25) is 5.02 Å². The summed E-state index contributed by atoms with van der Waals surface area (Å²) in [6, 6.07) is 4.80. The molecule has 29 heavy (non-hydrogen) atoms. The smallest absolute Gasteiger partial charge is 0.344 e. The lowest BCUT2D eigenvalue weighted by Crippen LogP contribution is -2.28. The van der Waals surface area contributed by atoms with Crippen LogP contribution in [0.25, 0.3) is 0 Å². The molecular formula is C21H21ClN2O5. The quantitative estimate of drug-likeness (QED) is 0.308. The third-order valence-electron chi connectivity index (χ3n) is 5.44. The summed E-state index contributed by atoms with van der Waals surface area (Å²) in [6.45, 7) is 3.22. The molecule has 152 valence electrons. The maximum absolute atomic E-state index is 12.7. The Morgan fingerprint density at radius 3 is 2.52 bits per heavy atom. The zero-order valence-corrected chi connectivity index (χ0v) is 16.8. The van der Waals surface area contributed by atoms with Gasteiger partial charge in [-0.2, -0.15) is 10.1 Å². The summed E-state index contributed by atoms with van der Waals surface area (Å²) in [5, 5.41) is 5.53. The van der Waals surface area contributed by atoms with Crippen LogP contribution in [0.4, 0.5) is 0 Å². The third kappa shape index (κ3) is 3.67. The zero-order valence-electron chi connectivity index (χ0n) is 16.1. The number of nitrogens with zero attached hydrogens (tertiary/aromatic N) is 2. The molecule has 2 bridgehead atoms. The first kappa shape index (κ1) is 19.6. The minimum Gasteiger partial charge on any atom is -0.481 e. The molecule has 2 aliphatic carbocycles. The number of rotatable bonds is 6. The highest BCUT2D eigenvalue weighted by Crippen LogP contribution is 2.52. The molecule has 2 amide bonds. The minimum atomic E-state index is -0.501. The number of carbonyl (C=O) groups is 3. The van der Waals surface area contributed by atoms with Crippen molar-refractivity contribution in [3.05, 3.63) is 40.9 Å². The number of fused-ring (bicyclic) bond motifs is 5. The highest BCUT2D eigenvalue weighted by atomic mass is 35.5. The molecule has 0 radical (unpaired) electrons. The van der Waals surface area contributed by atoms with Gasteiger partial charge < -0.3 is 9.47 Å². The van der Waals surface area contributed by atoms with Gasteiger partial charge in [-0.25, -0.2) is 4.79 Å². The van der Waals surface area contributed by atoms with Gasteiger partial charge in [0.2, 0.25) is 0 Å². The number of ether oxygens (including phenoxy) is 2. The van der Waals surface area contributed by atoms with Crippen LogP contribution in [0, 0.1) is 23.7 Å². The topological polar surface area (TPSA) is 85.3 Å². The first-order valence-corrected chi connectivity index (χ1v) is 9.95. The van der Waals surface area contributed by atoms with Crippen molar-refractivity contribution in [3.8, 4) is 5.75 Å². The molecule has 4 rings (SSSR count). The molecule has 1 aromatic rings. The monoisotopic (exact) mass is 416 g/mol. The average Bonchev–Trinajstić information content (AvgIpc) is 3.33. The van der Waals surface area contributed by atoms with Crippen molar-refractivity contribution < 1.29 is 23.9 Å². The summed E-state index contributed by atoms with van der Waals surface area (Å²) in [4.78, 5) is 37.2. The molecule has 7 nitrogen and oxygen atoms in total. The molecule has 0 N–H and O–H groups in total. The Balaban J connectivity index is 1.50. The van der Waals surface area contributed by atoms with E-state index in [0.717, 1.165) is 11.4 Å². The van der Waals surface area contributed by atoms with E-state index in [2.05, 4.69) is 5.10 Å². The van der Waals surface area contributed by atoms with E-state index < -0.39 is 5.97 Å². The summed E-state index contributed by atoms with van der Waals surface area (Å²) in [5.41, 5.74) is 0.452. The highest BCUT2D eigenvalue weighted by molar-refractivity contribution is 6.31. The van der Waals surface area contributed by atoms with E-state index in [1.54, 1.807) is 32.0 Å². The lowest BCUT2D eigenvalue weighted by molar-refractivity contribution is -0.149. The number of carbonyl (C=O) groups excluding carboxylic acids is 3. The molecule has 1 heterocycles. The molecule has 0 spiro atoms. The second-order valence-electron chi connectivity index (χ2n) is 7.74. The molecule has 4 atom stereocenters. The van der Waals surface area contributed by atoms with E-state index in [4.69, 9.17) is 21.1 Å². The van der Waals surface area contributed by atoms with Crippen LogP contribution >= 0.6 is 11.6 Å². The Hall–Kier alpha value is -2.67. The van der Waals surface area contributed by atoms with E-state index in [-0.39, 0.29) is 48.2 Å². The molecule has 1 aliphatic heterocycles. The number of halogens is 1. The summed E-state index contributed by atoms with van der Waals surface area (Å²) >= 11 is 6.06. The summed E-state index contributed by atoms with van der Waals surface area (Å²) < 4.78 is 10.6. The van der Waals surface area contributed by atoms with Gasteiger partial charge in [0.1, 0.15) is 5.75 Å². The van der Waals surface area contributed by atoms with Crippen molar-refractivity contribution in [3.63, 3.8) is 0 Å². The predicted molar refractivity (Wildman–Crippen MR) is 105 cm³/mol. The van der Waals surface area contributed by atoms with Gasteiger partial charge in [-0.1, -0.05) is 23.8 Å². The Bertz CT molecular complexity index is 896. The number of allylic oxidation sites excluding steroid dienone is 2. The van der Waals surface area contributed by atoms with Crippen molar-refractivity contribution in [2.45, 2.75) is 26.4 Å². The van der Waals surface area contributed by atoms with Gasteiger partial charge in [0, 0.05) is 10.6 Å². The molecule has 8 heteroatoms. The molecule has 2 fully saturated rings. The SMILES string of the molecule is CC(C)OC(=O)COc1ccc(Cl)cc1C=NN1C(=O)[C@@H]2[C@H](C1=O)[C@H]1C=C[C@H]2C1. The van der Waals surface area contributed by atoms with Crippen molar-refractivity contribution in [1.82, 2.24) is 5.01 Å². The molecule has 1 aromatic carbocycles. The Morgan fingerprint density at radius 1 is 1.24 bits per heavy atom. The summed E-state index contributed by atoms with van der Waals surface area (Å²) in [7, 11) is 0. The van der Waals surface area contributed by atoms with Crippen LogP contribution in [0.1, 0.15) is 25.8 Å².